The number of rotatable bonds is 6. The molecular formula is C16H9ClN4O7S2. The highest BCUT2D eigenvalue weighted by Gasteiger charge is 2.23. The van der Waals surface area contributed by atoms with Crippen molar-refractivity contribution in [3.8, 4) is 0 Å². The molecule has 1 amide bonds. The van der Waals surface area contributed by atoms with Crippen LogP contribution in [0.1, 0.15) is 10.4 Å². The lowest BCUT2D eigenvalue weighted by molar-refractivity contribution is -0.385. The molecule has 0 fully saturated rings. The van der Waals surface area contributed by atoms with Gasteiger partial charge in [-0.05, 0) is 18.2 Å². The lowest BCUT2D eigenvalue weighted by Gasteiger charge is -2.04. The fourth-order valence-corrected chi connectivity index (χ4v) is 4.96. The van der Waals surface area contributed by atoms with Gasteiger partial charge in [0.25, 0.3) is 17.3 Å². The summed E-state index contributed by atoms with van der Waals surface area (Å²) in [6, 6.07) is 7.61. The molecule has 2 aromatic carbocycles. The summed E-state index contributed by atoms with van der Waals surface area (Å²) in [6.07, 6.45) is 1.04. The first-order valence-corrected chi connectivity index (χ1v) is 10.5. The summed E-state index contributed by atoms with van der Waals surface area (Å²) >= 11 is 6.57. The Morgan fingerprint density at radius 3 is 2.20 bits per heavy atom. The molecule has 11 nitrogen and oxygen atoms in total. The van der Waals surface area contributed by atoms with Gasteiger partial charge >= 0.3 is 0 Å². The summed E-state index contributed by atoms with van der Waals surface area (Å²) in [5.74, 6) is -0.733. The monoisotopic (exact) mass is 468 g/mol. The van der Waals surface area contributed by atoms with Crippen LogP contribution in [0.2, 0.25) is 5.02 Å². The van der Waals surface area contributed by atoms with E-state index in [1.807, 2.05) is 0 Å². The number of benzene rings is 2. The fraction of sp³-hybridized carbons (Fsp3) is 0. The van der Waals surface area contributed by atoms with Crippen LogP contribution in [-0.2, 0) is 9.84 Å². The molecule has 0 bridgehead atoms. The van der Waals surface area contributed by atoms with E-state index in [-0.39, 0.29) is 36.2 Å². The van der Waals surface area contributed by atoms with Gasteiger partial charge in [0.15, 0.2) is 5.13 Å². The van der Waals surface area contributed by atoms with Crippen LogP contribution in [0.5, 0.6) is 0 Å². The summed E-state index contributed by atoms with van der Waals surface area (Å²) in [7, 11) is -4.00. The molecule has 0 atom stereocenters. The summed E-state index contributed by atoms with van der Waals surface area (Å²) in [4.78, 5) is 36.1. The molecule has 154 valence electrons. The lowest BCUT2D eigenvalue weighted by atomic mass is 10.2. The molecule has 0 radical (unpaired) electrons. The number of nitrogens with one attached hydrogen (secondary N) is 1. The van der Waals surface area contributed by atoms with Crippen molar-refractivity contribution in [2.24, 2.45) is 0 Å². The molecule has 0 aliphatic rings. The number of non-ortho nitro benzene ring substituents is 2. The molecule has 0 spiro atoms. The van der Waals surface area contributed by atoms with Crippen molar-refractivity contribution in [3.63, 3.8) is 0 Å². The number of anilines is 1. The van der Waals surface area contributed by atoms with Gasteiger partial charge in [-0.1, -0.05) is 22.9 Å². The topological polar surface area (TPSA) is 162 Å². The van der Waals surface area contributed by atoms with Crippen molar-refractivity contribution in [1.29, 1.82) is 0 Å². The third kappa shape index (κ3) is 4.27. The average Bonchev–Trinajstić information content (AvgIpc) is 3.17. The van der Waals surface area contributed by atoms with Crippen LogP contribution in [0.3, 0.4) is 0 Å². The maximum atomic E-state index is 12.6. The van der Waals surface area contributed by atoms with Gasteiger partial charge in [-0.3, -0.25) is 30.3 Å². The number of aromatic nitrogens is 1. The molecular weight excluding hydrogens is 460 g/mol. The highest BCUT2D eigenvalue weighted by molar-refractivity contribution is 7.93. The van der Waals surface area contributed by atoms with E-state index in [1.54, 1.807) is 0 Å². The Labute approximate surface area is 177 Å². The van der Waals surface area contributed by atoms with Gasteiger partial charge in [0.1, 0.15) is 4.21 Å². The lowest BCUT2D eigenvalue weighted by Crippen LogP contribution is -2.12. The molecule has 1 N–H and O–H groups in total. The number of amides is 1. The van der Waals surface area contributed by atoms with Gasteiger partial charge in [-0.2, -0.15) is 0 Å². The summed E-state index contributed by atoms with van der Waals surface area (Å²) in [6.45, 7) is 0. The van der Waals surface area contributed by atoms with Crippen LogP contribution in [0.25, 0.3) is 0 Å². The fourth-order valence-electron chi connectivity index (χ4n) is 2.27. The number of nitrogens with zero attached hydrogens (tertiary/aromatic N) is 3. The summed E-state index contributed by atoms with van der Waals surface area (Å²) in [5.41, 5.74) is -0.606. The number of nitro groups is 2. The van der Waals surface area contributed by atoms with Gasteiger partial charge in [0.05, 0.1) is 31.5 Å². The maximum absolute atomic E-state index is 12.6. The maximum Gasteiger partial charge on any atom is 0.270 e. The Bertz CT molecular complexity index is 1270. The molecule has 3 aromatic rings. The number of sulfone groups is 1. The third-order valence-electron chi connectivity index (χ3n) is 3.74. The van der Waals surface area contributed by atoms with Crippen LogP contribution in [0.4, 0.5) is 16.5 Å². The smallest absolute Gasteiger partial charge is 0.270 e. The van der Waals surface area contributed by atoms with Crippen molar-refractivity contribution < 1.29 is 23.1 Å². The van der Waals surface area contributed by atoms with Gasteiger partial charge < -0.3 is 0 Å². The quantitative estimate of drug-likeness (QED) is 0.422. The Morgan fingerprint density at radius 2 is 1.63 bits per heavy atom. The van der Waals surface area contributed by atoms with Crippen LogP contribution < -0.4 is 5.32 Å². The van der Waals surface area contributed by atoms with E-state index in [0.717, 1.165) is 48.7 Å². The van der Waals surface area contributed by atoms with Crippen molar-refractivity contribution in [2.45, 2.75) is 9.10 Å². The van der Waals surface area contributed by atoms with Gasteiger partial charge in [0.2, 0.25) is 9.84 Å². The zero-order valence-corrected chi connectivity index (χ0v) is 16.9. The van der Waals surface area contributed by atoms with E-state index >= 15 is 0 Å². The zero-order chi connectivity index (χ0) is 22.1. The van der Waals surface area contributed by atoms with Crippen LogP contribution in [0.15, 0.2) is 57.8 Å². The van der Waals surface area contributed by atoms with Crippen LogP contribution in [0, 0.1) is 20.2 Å². The number of hydrogen-bond donors (Lipinski definition) is 1. The Balaban J connectivity index is 1.81. The molecule has 0 saturated carbocycles. The molecule has 0 unspecified atom stereocenters. The number of nitro benzene ring substituents is 2. The Kier molecular flexibility index (Phi) is 5.78. The molecule has 0 saturated heterocycles. The first kappa shape index (κ1) is 21.3. The SMILES string of the molecule is O=C(Nc1ncc(S(=O)(=O)c2ccc([N+](=O)[O-])cc2)s1)c1ccc([N+](=O)[O-])cc1Cl. The summed E-state index contributed by atoms with van der Waals surface area (Å²) < 4.78 is 25.1. The van der Waals surface area contributed by atoms with Crippen molar-refractivity contribution in [3.05, 3.63) is 79.5 Å². The van der Waals surface area contributed by atoms with Gasteiger partial charge in [-0.25, -0.2) is 13.4 Å². The molecule has 14 heteroatoms. The molecule has 30 heavy (non-hydrogen) atoms. The highest BCUT2D eigenvalue weighted by Crippen LogP contribution is 2.30. The standard InChI is InChI=1S/C16H9ClN4O7S2/c17-13-7-10(21(25)26)3-6-12(13)15(22)19-16-18-8-14(29-16)30(27,28)11-4-1-9(2-5-11)20(23)24/h1-8H,(H,18,19,22). The highest BCUT2D eigenvalue weighted by atomic mass is 35.5. The molecule has 0 aliphatic heterocycles. The largest absolute Gasteiger partial charge is 0.298 e. The second-order valence-corrected chi connectivity index (χ2v) is 9.23. The van der Waals surface area contributed by atoms with E-state index in [9.17, 15) is 33.4 Å². The number of hydrogen-bond acceptors (Lipinski definition) is 9. The number of thiazole rings is 1. The van der Waals surface area contributed by atoms with Crippen LogP contribution in [-0.4, -0.2) is 29.2 Å². The van der Waals surface area contributed by atoms with Gasteiger partial charge in [0, 0.05) is 24.3 Å². The normalized spacial score (nSPS) is 11.1. The van der Waals surface area contributed by atoms with Gasteiger partial charge in [-0.15, -0.1) is 0 Å². The van der Waals surface area contributed by atoms with E-state index < -0.39 is 25.6 Å². The second kappa shape index (κ2) is 8.14. The minimum atomic E-state index is -4.00. The first-order chi connectivity index (χ1) is 14.1. The molecule has 1 aromatic heterocycles. The third-order valence-corrected chi connectivity index (χ3v) is 7.19. The van der Waals surface area contributed by atoms with Crippen LogP contribution >= 0.6 is 22.9 Å². The van der Waals surface area contributed by atoms with Crippen molar-refractivity contribution in [1.82, 2.24) is 4.98 Å². The van der Waals surface area contributed by atoms with Crippen molar-refractivity contribution in [2.75, 3.05) is 5.32 Å². The minimum absolute atomic E-state index is 0.0464. The number of carbonyl (C=O) groups is 1. The first-order valence-electron chi connectivity index (χ1n) is 7.80. The van der Waals surface area contributed by atoms with Crippen molar-refractivity contribution >= 4 is 55.2 Å². The Hall–Kier alpha value is -3.42. The predicted molar refractivity (Wildman–Crippen MR) is 107 cm³/mol. The average molecular weight is 469 g/mol. The second-order valence-electron chi connectivity index (χ2n) is 5.61. The molecule has 0 aliphatic carbocycles. The molecule has 1 heterocycles. The number of carbonyl (C=O) groups excluding carboxylic acids is 1. The summed E-state index contributed by atoms with van der Waals surface area (Å²) in [5, 5.41) is 23.6. The molecule has 3 rings (SSSR count). The van der Waals surface area contributed by atoms with E-state index in [4.69, 9.17) is 11.6 Å². The van der Waals surface area contributed by atoms with E-state index in [1.165, 1.54) is 0 Å². The predicted octanol–water partition coefficient (Wildman–Crippen LogP) is 3.70. The van der Waals surface area contributed by atoms with E-state index in [2.05, 4.69) is 10.3 Å². The Morgan fingerprint density at radius 1 is 1.03 bits per heavy atom. The zero-order valence-electron chi connectivity index (χ0n) is 14.5. The number of halogens is 1. The van der Waals surface area contributed by atoms with E-state index in [0.29, 0.717) is 11.3 Å². The minimum Gasteiger partial charge on any atom is -0.298 e.